The highest BCUT2D eigenvalue weighted by Gasteiger charge is 2.15. The van der Waals surface area contributed by atoms with Crippen LogP contribution in [-0.2, 0) is 11.3 Å². The fraction of sp³-hybridized carbons (Fsp3) is 0.385. The van der Waals surface area contributed by atoms with E-state index in [1.54, 1.807) is 0 Å². The van der Waals surface area contributed by atoms with Crippen LogP contribution >= 0.6 is 12.2 Å². The quantitative estimate of drug-likeness (QED) is 0.672. The third-order valence-electron chi connectivity index (χ3n) is 1.98. The summed E-state index contributed by atoms with van der Waals surface area (Å²) in [5.74, 6) is 0. The van der Waals surface area contributed by atoms with Gasteiger partial charge >= 0.3 is 6.09 Å². The predicted molar refractivity (Wildman–Crippen MR) is 74.2 cm³/mol. The summed E-state index contributed by atoms with van der Waals surface area (Å²) in [6.07, 6.45) is -0.455. The Balaban J connectivity index is 2.64. The number of alkyl carbamates (subject to hydrolysis) is 1. The van der Waals surface area contributed by atoms with E-state index in [9.17, 15) is 4.79 Å². The van der Waals surface area contributed by atoms with Crippen LogP contribution in [0.5, 0.6) is 0 Å². The van der Waals surface area contributed by atoms with Gasteiger partial charge in [-0.3, -0.25) is 0 Å². The van der Waals surface area contributed by atoms with Crippen LogP contribution in [0.4, 0.5) is 10.5 Å². The number of isothiocyanates is 1. The maximum absolute atomic E-state index is 11.5. The summed E-state index contributed by atoms with van der Waals surface area (Å²) in [6, 6.07) is 7.39. The zero-order valence-electron chi connectivity index (χ0n) is 10.7. The van der Waals surface area contributed by atoms with E-state index in [-0.39, 0.29) is 0 Å². The smallest absolute Gasteiger partial charge is 0.407 e. The Bertz CT molecular complexity index is 474. The number of amides is 1. The van der Waals surface area contributed by atoms with Gasteiger partial charge in [0.05, 0.1) is 10.8 Å². The van der Waals surface area contributed by atoms with Gasteiger partial charge in [0.25, 0.3) is 0 Å². The Morgan fingerprint density at radius 3 is 2.72 bits per heavy atom. The largest absolute Gasteiger partial charge is 0.444 e. The minimum atomic E-state index is -0.504. The number of thiocarbonyl (C=S) groups is 1. The van der Waals surface area contributed by atoms with E-state index in [1.165, 1.54) is 0 Å². The first kappa shape index (κ1) is 14.4. The normalized spacial score (nSPS) is 10.4. The van der Waals surface area contributed by atoms with Gasteiger partial charge in [-0.1, -0.05) is 18.2 Å². The van der Waals surface area contributed by atoms with Crippen LogP contribution in [0.1, 0.15) is 26.3 Å². The van der Waals surface area contributed by atoms with E-state index in [4.69, 9.17) is 4.74 Å². The molecule has 0 aliphatic rings. The van der Waals surface area contributed by atoms with Crippen LogP contribution < -0.4 is 5.32 Å². The summed E-state index contributed by atoms with van der Waals surface area (Å²) in [4.78, 5) is 15.4. The third kappa shape index (κ3) is 5.08. The zero-order chi connectivity index (χ0) is 13.6. The van der Waals surface area contributed by atoms with Gasteiger partial charge in [0, 0.05) is 6.54 Å². The predicted octanol–water partition coefficient (Wildman–Crippen LogP) is 3.45. The average Bonchev–Trinajstić information content (AvgIpc) is 2.26. The van der Waals surface area contributed by atoms with Crippen LogP contribution in [0, 0.1) is 0 Å². The number of hydrogen-bond donors (Lipinski definition) is 1. The highest BCUT2D eigenvalue weighted by atomic mass is 32.1. The lowest BCUT2D eigenvalue weighted by molar-refractivity contribution is 0.0523. The summed E-state index contributed by atoms with van der Waals surface area (Å²) in [5.41, 5.74) is 1.06. The maximum atomic E-state index is 11.5. The van der Waals surface area contributed by atoms with Gasteiger partial charge in [0.2, 0.25) is 0 Å². The first-order valence-corrected chi connectivity index (χ1v) is 5.96. The molecule has 4 nitrogen and oxygen atoms in total. The van der Waals surface area contributed by atoms with E-state index in [0.29, 0.717) is 12.2 Å². The fourth-order valence-electron chi connectivity index (χ4n) is 1.30. The molecule has 0 radical (unpaired) electrons. The maximum Gasteiger partial charge on any atom is 0.407 e. The van der Waals surface area contributed by atoms with Gasteiger partial charge in [0.1, 0.15) is 5.60 Å². The lowest BCUT2D eigenvalue weighted by atomic mass is 10.2. The van der Waals surface area contributed by atoms with E-state index < -0.39 is 11.7 Å². The van der Waals surface area contributed by atoms with E-state index in [2.05, 4.69) is 27.7 Å². The van der Waals surface area contributed by atoms with Gasteiger partial charge in [-0.25, -0.2) is 4.79 Å². The molecule has 0 spiro atoms. The second kappa shape index (κ2) is 6.28. The van der Waals surface area contributed by atoms with Gasteiger partial charge < -0.3 is 10.1 Å². The number of benzene rings is 1. The van der Waals surface area contributed by atoms with Crippen molar-refractivity contribution in [2.45, 2.75) is 32.9 Å². The van der Waals surface area contributed by atoms with Gasteiger partial charge in [-0.15, -0.1) is 0 Å². The number of nitrogens with zero attached hydrogens (tertiary/aromatic N) is 1. The standard InChI is InChI=1S/C13H16N2O2S/c1-13(2,3)17-12(16)14-8-10-6-4-5-7-11(10)15-9-18/h4-7H,8H2,1-3H3,(H,14,16). The molecule has 0 bridgehead atoms. The number of ether oxygens (including phenoxy) is 1. The van der Waals surface area contributed by atoms with Crippen molar-refractivity contribution in [3.05, 3.63) is 29.8 Å². The fourth-order valence-corrected chi connectivity index (χ4v) is 1.40. The Morgan fingerprint density at radius 1 is 1.44 bits per heavy atom. The van der Waals surface area contributed by atoms with Crippen molar-refractivity contribution in [1.82, 2.24) is 5.32 Å². The molecule has 0 saturated heterocycles. The van der Waals surface area contributed by atoms with Crippen molar-refractivity contribution in [3.8, 4) is 0 Å². The van der Waals surface area contributed by atoms with Crippen molar-refractivity contribution in [2.24, 2.45) is 4.99 Å². The van der Waals surface area contributed by atoms with Crippen molar-refractivity contribution in [2.75, 3.05) is 0 Å². The second-order valence-corrected chi connectivity index (χ2v) is 4.87. The van der Waals surface area contributed by atoms with Crippen LogP contribution in [0.25, 0.3) is 0 Å². The topological polar surface area (TPSA) is 50.7 Å². The van der Waals surface area contributed by atoms with E-state index in [1.807, 2.05) is 45.0 Å². The molecule has 0 unspecified atom stereocenters. The second-order valence-electron chi connectivity index (χ2n) is 4.69. The molecule has 1 aromatic rings. The molecule has 0 aromatic heterocycles. The Hall–Kier alpha value is -1.71. The third-order valence-corrected chi connectivity index (χ3v) is 2.07. The van der Waals surface area contributed by atoms with Crippen molar-refractivity contribution < 1.29 is 9.53 Å². The molecule has 0 fully saturated rings. The zero-order valence-corrected chi connectivity index (χ0v) is 11.5. The summed E-state index contributed by atoms with van der Waals surface area (Å²) in [7, 11) is 0. The Labute approximate surface area is 112 Å². The summed E-state index contributed by atoms with van der Waals surface area (Å²) >= 11 is 4.57. The van der Waals surface area contributed by atoms with E-state index in [0.717, 1.165) is 5.56 Å². The molecule has 1 amide bonds. The number of aliphatic imine (C=N–C) groups is 1. The molecule has 1 aromatic carbocycles. The molecule has 0 aliphatic carbocycles. The number of carbonyl (C=O) groups is 1. The van der Waals surface area contributed by atoms with Gasteiger partial charge in [0.15, 0.2) is 0 Å². The number of rotatable bonds is 3. The van der Waals surface area contributed by atoms with Crippen LogP contribution in [-0.4, -0.2) is 16.9 Å². The van der Waals surface area contributed by atoms with Gasteiger partial charge in [-0.05, 0) is 44.6 Å². The van der Waals surface area contributed by atoms with Crippen LogP contribution in [0.2, 0.25) is 0 Å². The monoisotopic (exact) mass is 264 g/mol. The lowest BCUT2D eigenvalue weighted by Crippen LogP contribution is -2.32. The van der Waals surface area contributed by atoms with Crippen molar-refractivity contribution in [1.29, 1.82) is 0 Å². The van der Waals surface area contributed by atoms with Crippen molar-refractivity contribution in [3.63, 3.8) is 0 Å². The summed E-state index contributed by atoms with van der Waals surface area (Å²) < 4.78 is 5.14. The Kier molecular flexibility index (Phi) is 5.01. The number of carbonyl (C=O) groups excluding carboxylic acids is 1. The first-order chi connectivity index (χ1) is 8.42. The average molecular weight is 264 g/mol. The molecule has 18 heavy (non-hydrogen) atoms. The molecular formula is C13H16N2O2S. The highest BCUT2D eigenvalue weighted by Crippen LogP contribution is 2.17. The molecule has 1 rings (SSSR count). The van der Waals surface area contributed by atoms with Crippen LogP contribution in [0.15, 0.2) is 29.3 Å². The number of hydrogen-bond acceptors (Lipinski definition) is 4. The minimum Gasteiger partial charge on any atom is -0.444 e. The highest BCUT2D eigenvalue weighted by molar-refractivity contribution is 7.78. The molecule has 0 aliphatic heterocycles. The SMILES string of the molecule is CC(C)(C)OC(=O)NCc1ccccc1N=C=S. The van der Waals surface area contributed by atoms with Crippen molar-refractivity contribution >= 4 is 29.2 Å². The molecule has 1 N–H and O–H groups in total. The molecule has 0 heterocycles. The number of nitrogens with one attached hydrogen (secondary N) is 1. The van der Waals surface area contributed by atoms with Gasteiger partial charge in [-0.2, -0.15) is 4.99 Å². The number of para-hydroxylation sites is 1. The Morgan fingerprint density at radius 2 is 2.11 bits per heavy atom. The van der Waals surface area contributed by atoms with Crippen LogP contribution in [0.3, 0.4) is 0 Å². The molecule has 0 atom stereocenters. The molecule has 5 heteroatoms. The molecule has 96 valence electrons. The van der Waals surface area contributed by atoms with E-state index >= 15 is 0 Å². The first-order valence-electron chi connectivity index (χ1n) is 5.55. The summed E-state index contributed by atoms with van der Waals surface area (Å²) in [5, 5.41) is 4.99. The molecular weight excluding hydrogens is 248 g/mol. The minimum absolute atomic E-state index is 0.339. The lowest BCUT2D eigenvalue weighted by Gasteiger charge is -2.19. The molecule has 0 saturated carbocycles. The summed E-state index contributed by atoms with van der Waals surface area (Å²) in [6.45, 7) is 5.79.